The molecule has 1 saturated carbocycles. The fraction of sp³-hybridized carbons (Fsp3) is 0.500. The topological polar surface area (TPSA) is 72.2 Å². The molecule has 0 radical (unpaired) electrons. The highest BCUT2D eigenvalue weighted by Gasteiger charge is 2.41. The van der Waals surface area contributed by atoms with Crippen LogP contribution in [-0.2, 0) is 10.0 Å². The van der Waals surface area contributed by atoms with Crippen LogP contribution in [0.4, 0.5) is 10.1 Å². The standard InChI is InChI=1S/C12H17FN2O2S/c1-2-12(5-6-12)8-15-18(16,17)11-4-3-9(14)7-10(11)13/h3-4,7,15H,2,5-6,8,14H2,1H3. The number of nitrogens with two attached hydrogens (primary N) is 1. The van der Waals surface area contributed by atoms with E-state index in [0.29, 0.717) is 6.54 Å². The van der Waals surface area contributed by atoms with Crippen molar-refractivity contribution in [3.8, 4) is 0 Å². The number of sulfonamides is 1. The van der Waals surface area contributed by atoms with Gasteiger partial charge in [0.1, 0.15) is 10.7 Å². The number of halogens is 1. The second kappa shape index (κ2) is 4.51. The van der Waals surface area contributed by atoms with Crippen LogP contribution in [0, 0.1) is 11.2 Å². The summed E-state index contributed by atoms with van der Waals surface area (Å²) in [6, 6.07) is 3.59. The molecule has 0 atom stereocenters. The molecule has 0 heterocycles. The van der Waals surface area contributed by atoms with Crippen LogP contribution in [0.15, 0.2) is 23.1 Å². The van der Waals surface area contributed by atoms with Gasteiger partial charge < -0.3 is 5.73 Å². The molecule has 0 spiro atoms. The number of hydrogen-bond acceptors (Lipinski definition) is 3. The second-order valence-electron chi connectivity index (χ2n) is 4.87. The third-order valence-electron chi connectivity index (χ3n) is 3.59. The van der Waals surface area contributed by atoms with Gasteiger partial charge in [-0.2, -0.15) is 0 Å². The van der Waals surface area contributed by atoms with E-state index in [2.05, 4.69) is 4.72 Å². The molecule has 2 rings (SSSR count). The Morgan fingerprint density at radius 2 is 2.11 bits per heavy atom. The summed E-state index contributed by atoms with van der Waals surface area (Å²) in [6.45, 7) is 2.40. The molecule has 1 aromatic rings. The molecule has 1 aliphatic carbocycles. The van der Waals surface area contributed by atoms with Gasteiger partial charge in [-0.05, 0) is 42.9 Å². The molecule has 0 bridgehead atoms. The maximum Gasteiger partial charge on any atom is 0.243 e. The van der Waals surface area contributed by atoms with Gasteiger partial charge in [-0.15, -0.1) is 0 Å². The second-order valence-corrected chi connectivity index (χ2v) is 6.60. The summed E-state index contributed by atoms with van der Waals surface area (Å²) >= 11 is 0. The normalized spacial score (nSPS) is 17.7. The Morgan fingerprint density at radius 3 is 2.61 bits per heavy atom. The summed E-state index contributed by atoms with van der Waals surface area (Å²) in [6.07, 6.45) is 2.98. The summed E-state index contributed by atoms with van der Waals surface area (Å²) < 4.78 is 40.0. The molecule has 3 N–H and O–H groups in total. The summed E-state index contributed by atoms with van der Waals surface area (Å²) in [5.74, 6) is -0.816. The van der Waals surface area contributed by atoms with Crippen LogP contribution in [-0.4, -0.2) is 15.0 Å². The van der Waals surface area contributed by atoms with Crippen molar-refractivity contribution in [3.63, 3.8) is 0 Å². The van der Waals surface area contributed by atoms with Gasteiger partial charge in [-0.3, -0.25) is 0 Å². The lowest BCUT2D eigenvalue weighted by Crippen LogP contribution is -2.30. The van der Waals surface area contributed by atoms with E-state index in [4.69, 9.17) is 5.73 Å². The number of anilines is 1. The lowest BCUT2D eigenvalue weighted by molar-refractivity contribution is 0.473. The van der Waals surface area contributed by atoms with E-state index >= 15 is 0 Å². The first kappa shape index (κ1) is 13.3. The highest BCUT2D eigenvalue weighted by Crippen LogP contribution is 2.48. The molecule has 0 saturated heterocycles. The van der Waals surface area contributed by atoms with Crippen LogP contribution < -0.4 is 10.5 Å². The molecule has 100 valence electrons. The van der Waals surface area contributed by atoms with E-state index in [0.717, 1.165) is 25.3 Å². The molecular weight excluding hydrogens is 255 g/mol. The summed E-state index contributed by atoms with van der Waals surface area (Å²) in [5.41, 5.74) is 5.68. The van der Waals surface area contributed by atoms with Crippen LogP contribution >= 0.6 is 0 Å². The zero-order valence-corrected chi connectivity index (χ0v) is 11.1. The van der Waals surface area contributed by atoms with Crippen molar-refractivity contribution >= 4 is 15.7 Å². The highest BCUT2D eigenvalue weighted by molar-refractivity contribution is 7.89. The monoisotopic (exact) mass is 272 g/mol. The minimum absolute atomic E-state index is 0.0807. The van der Waals surface area contributed by atoms with Crippen molar-refractivity contribution in [2.75, 3.05) is 12.3 Å². The minimum atomic E-state index is -3.79. The van der Waals surface area contributed by atoms with Crippen molar-refractivity contribution < 1.29 is 12.8 Å². The number of nitrogens with one attached hydrogen (secondary N) is 1. The Balaban J connectivity index is 2.15. The van der Waals surface area contributed by atoms with Gasteiger partial charge in [0.2, 0.25) is 10.0 Å². The smallest absolute Gasteiger partial charge is 0.243 e. The van der Waals surface area contributed by atoms with E-state index in [1.54, 1.807) is 0 Å². The molecule has 1 aromatic carbocycles. The first-order valence-corrected chi connectivity index (χ1v) is 7.42. The van der Waals surface area contributed by atoms with Gasteiger partial charge in [0.25, 0.3) is 0 Å². The molecule has 0 aromatic heterocycles. The van der Waals surface area contributed by atoms with Crippen LogP contribution in [0.25, 0.3) is 0 Å². The lowest BCUT2D eigenvalue weighted by atomic mass is 10.1. The van der Waals surface area contributed by atoms with Crippen LogP contribution in [0.3, 0.4) is 0 Å². The van der Waals surface area contributed by atoms with E-state index in [1.165, 1.54) is 12.1 Å². The van der Waals surface area contributed by atoms with Gasteiger partial charge >= 0.3 is 0 Å². The van der Waals surface area contributed by atoms with Crippen molar-refractivity contribution in [3.05, 3.63) is 24.0 Å². The first-order chi connectivity index (χ1) is 8.38. The quantitative estimate of drug-likeness (QED) is 0.804. The number of hydrogen-bond donors (Lipinski definition) is 2. The zero-order chi connectivity index (χ0) is 13.4. The van der Waals surface area contributed by atoms with Crippen LogP contribution in [0.2, 0.25) is 0 Å². The fourth-order valence-corrected chi connectivity index (χ4v) is 3.11. The van der Waals surface area contributed by atoms with Gasteiger partial charge in [0.05, 0.1) is 0 Å². The number of rotatable bonds is 5. The maximum atomic E-state index is 13.6. The maximum absolute atomic E-state index is 13.6. The van der Waals surface area contributed by atoms with Crippen molar-refractivity contribution in [2.45, 2.75) is 31.1 Å². The Hall–Kier alpha value is -1.14. The molecule has 1 aliphatic rings. The molecule has 1 fully saturated rings. The average Bonchev–Trinajstić information content (AvgIpc) is 3.07. The third-order valence-corrected chi connectivity index (χ3v) is 5.02. The van der Waals surface area contributed by atoms with E-state index in [1.807, 2.05) is 6.92 Å². The van der Waals surface area contributed by atoms with Gasteiger partial charge in [-0.25, -0.2) is 17.5 Å². The van der Waals surface area contributed by atoms with Gasteiger partial charge in [-0.1, -0.05) is 6.92 Å². The molecule has 6 heteroatoms. The SMILES string of the molecule is CCC1(CNS(=O)(=O)c2ccc(N)cc2F)CC1. The first-order valence-electron chi connectivity index (χ1n) is 5.93. The van der Waals surface area contributed by atoms with Gasteiger partial charge in [0, 0.05) is 12.2 Å². The fourth-order valence-electron chi connectivity index (χ4n) is 1.89. The van der Waals surface area contributed by atoms with Crippen LogP contribution in [0.5, 0.6) is 0 Å². The Kier molecular flexibility index (Phi) is 3.33. The predicted octanol–water partition coefficient (Wildman–Crippen LogP) is 1.88. The molecule has 0 amide bonds. The molecule has 0 aliphatic heterocycles. The largest absolute Gasteiger partial charge is 0.399 e. The van der Waals surface area contributed by atoms with Crippen LogP contribution in [0.1, 0.15) is 26.2 Å². The third kappa shape index (κ3) is 2.64. The minimum Gasteiger partial charge on any atom is -0.399 e. The van der Waals surface area contributed by atoms with Crippen molar-refractivity contribution in [1.29, 1.82) is 0 Å². The summed E-state index contributed by atoms with van der Waals surface area (Å²) in [7, 11) is -3.79. The van der Waals surface area contributed by atoms with Crippen molar-refractivity contribution in [2.24, 2.45) is 5.41 Å². The molecule has 4 nitrogen and oxygen atoms in total. The summed E-state index contributed by atoms with van der Waals surface area (Å²) in [4.78, 5) is -0.344. The van der Waals surface area contributed by atoms with E-state index in [-0.39, 0.29) is 16.0 Å². The zero-order valence-electron chi connectivity index (χ0n) is 10.2. The average molecular weight is 272 g/mol. The summed E-state index contributed by atoms with van der Waals surface area (Å²) in [5, 5.41) is 0. The predicted molar refractivity (Wildman–Crippen MR) is 68.0 cm³/mol. The Morgan fingerprint density at radius 1 is 1.44 bits per heavy atom. The van der Waals surface area contributed by atoms with E-state index < -0.39 is 15.8 Å². The number of benzene rings is 1. The molecular formula is C12H17FN2O2S. The van der Waals surface area contributed by atoms with Gasteiger partial charge in [0.15, 0.2) is 0 Å². The molecule has 18 heavy (non-hydrogen) atoms. The Labute approximate surface area is 106 Å². The number of nitrogen functional groups attached to an aromatic ring is 1. The highest BCUT2D eigenvalue weighted by atomic mass is 32.2. The Bertz CT molecular complexity index is 553. The molecule has 0 unspecified atom stereocenters. The van der Waals surface area contributed by atoms with Crippen molar-refractivity contribution in [1.82, 2.24) is 4.72 Å². The lowest BCUT2D eigenvalue weighted by Gasteiger charge is -2.14. The van der Waals surface area contributed by atoms with E-state index in [9.17, 15) is 12.8 Å².